The van der Waals surface area contributed by atoms with Crippen LogP contribution in [0.25, 0.3) is 16.5 Å². The number of H-pyrrole nitrogens is 1. The van der Waals surface area contributed by atoms with Crippen LogP contribution in [0.4, 0.5) is 0 Å². The van der Waals surface area contributed by atoms with Crippen LogP contribution >= 0.6 is 23.2 Å². The molecule has 0 aliphatic heterocycles. The van der Waals surface area contributed by atoms with Gasteiger partial charge in [-0.2, -0.15) is 0 Å². The fraction of sp³-hybridized carbons (Fsp3) is 0.130. The van der Waals surface area contributed by atoms with E-state index in [0.29, 0.717) is 26.9 Å². The number of aromatic nitrogens is 1. The minimum absolute atomic E-state index is 0.230. The summed E-state index contributed by atoms with van der Waals surface area (Å²) in [5.41, 5.74) is 3.62. The minimum Gasteiger partial charge on any atom is -0.481 e. The molecule has 29 heavy (non-hydrogen) atoms. The van der Waals surface area contributed by atoms with E-state index in [1.807, 2.05) is 42.5 Å². The van der Waals surface area contributed by atoms with E-state index in [0.717, 1.165) is 34.9 Å². The first kappa shape index (κ1) is 19.5. The Labute approximate surface area is 177 Å². The molecule has 0 bridgehead atoms. The number of ketones is 1. The number of allylic oxidation sites excluding steroid dienone is 4. The molecule has 0 saturated heterocycles. The molecule has 0 unspecified atom stereocenters. The maximum Gasteiger partial charge on any atom is 0.307 e. The van der Waals surface area contributed by atoms with E-state index in [9.17, 15) is 14.7 Å². The summed E-state index contributed by atoms with van der Waals surface area (Å²) in [6, 6.07) is 14.3. The Bertz CT molecular complexity index is 1190. The standard InChI is InChI=1S/C23H17Cl2NO3/c24-17-5-3-6-18(25)21(17)13-8-10-14(11-9-13)23(29)22-16(12-20(27)28)15-4-1-2-7-19(15)26-22/h1-2,4-5,7-11,26H,3,6,12H2,(H,27,28). The van der Waals surface area contributed by atoms with Crippen LogP contribution in [-0.2, 0) is 11.2 Å². The van der Waals surface area contributed by atoms with Gasteiger partial charge in [-0.15, -0.1) is 0 Å². The molecule has 0 saturated carbocycles. The average Bonchev–Trinajstić information content (AvgIpc) is 3.06. The van der Waals surface area contributed by atoms with Gasteiger partial charge in [0.2, 0.25) is 5.78 Å². The first-order chi connectivity index (χ1) is 14.0. The highest BCUT2D eigenvalue weighted by Gasteiger charge is 2.21. The monoisotopic (exact) mass is 425 g/mol. The van der Waals surface area contributed by atoms with Crippen LogP contribution in [0.15, 0.2) is 64.7 Å². The van der Waals surface area contributed by atoms with Crippen molar-refractivity contribution in [2.75, 3.05) is 0 Å². The van der Waals surface area contributed by atoms with Crippen molar-refractivity contribution in [1.29, 1.82) is 0 Å². The molecule has 1 aliphatic carbocycles. The predicted octanol–water partition coefficient (Wildman–Crippen LogP) is 5.89. The Balaban J connectivity index is 1.72. The lowest BCUT2D eigenvalue weighted by atomic mass is 9.96. The molecule has 6 heteroatoms. The highest BCUT2D eigenvalue weighted by Crippen LogP contribution is 2.37. The number of nitrogens with one attached hydrogen (secondary N) is 1. The molecule has 4 nitrogen and oxygen atoms in total. The zero-order valence-electron chi connectivity index (χ0n) is 15.3. The highest BCUT2D eigenvalue weighted by atomic mass is 35.5. The second-order valence-corrected chi connectivity index (χ2v) is 7.74. The number of hydrogen-bond acceptors (Lipinski definition) is 2. The topological polar surface area (TPSA) is 70.2 Å². The van der Waals surface area contributed by atoms with Gasteiger partial charge in [-0.05, 0) is 24.5 Å². The Morgan fingerprint density at radius 1 is 1.03 bits per heavy atom. The maximum atomic E-state index is 13.1. The van der Waals surface area contributed by atoms with E-state index >= 15 is 0 Å². The molecular weight excluding hydrogens is 409 g/mol. The van der Waals surface area contributed by atoms with Gasteiger partial charge in [0, 0.05) is 37.7 Å². The number of fused-ring (bicyclic) bond motifs is 1. The second-order valence-electron chi connectivity index (χ2n) is 6.87. The summed E-state index contributed by atoms with van der Waals surface area (Å²) < 4.78 is 0. The van der Waals surface area contributed by atoms with Crippen molar-refractivity contribution in [3.05, 3.63) is 87.1 Å². The summed E-state index contributed by atoms with van der Waals surface area (Å²) in [6.07, 6.45) is 3.25. The lowest BCUT2D eigenvalue weighted by molar-refractivity contribution is -0.136. The Morgan fingerprint density at radius 3 is 2.45 bits per heavy atom. The third-order valence-corrected chi connectivity index (χ3v) is 5.72. The SMILES string of the molecule is O=C(O)Cc1c(C(=O)c2ccc(C3=C(Cl)CCC=C3Cl)cc2)[nH]c2ccccc12. The summed E-state index contributed by atoms with van der Waals surface area (Å²) in [7, 11) is 0. The molecule has 0 fully saturated rings. The minimum atomic E-state index is -0.987. The number of carboxylic acid groups (broad SMARTS) is 1. The number of rotatable bonds is 5. The van der Waals surface area contributed by atoms with Gasteiger partial charge in [0.1, 0.15) is 0 Å². The van der Waals surface area contributed by atoms with Crippen molar-refractivity contribution in [2.45, 2.75) is 19.3 Å². The third kappa shape index (κ3) is 3.74. The summed E-state index contributed by atoms with van der Waals surface area (Å²) >= 11 is 12.7. The summed E-state index contributed by atoms with van der Waals surface area (Å²) in [6.45, 7) is 0. The number of benzene rings is 2. The molecular formula is C23H17Cl2NO3. The largest absolute Gasteiger partial charge is 0.481 e. The molecule has 2 N–H and O–H groups in total. The first-order valence-electron chi connectivity index (χ1n) is 9.17. The number of carbonyl (C=O) groups is 2. The smallest absolute Gasteiger partial charge is 0.307 e. The molecule has 0 atom stereocenters. The van der Waals surface area contributed by atoms with E-state index in [4.69, 9.17) is 23.2 Å². The molecule has 0 spiro atoms. The molecule has 146 valence electrons. The van der Waals surface area contributed by atoms with Crippen molar-refractivity contribution in [2.24, 2.45) is 0 Å². The normalized spacial score (nSPS) is 14.2. The number of aliphatic carboxylic acids is 1. The molecule has 1 heterocycles. The van der Waals surface area contributed by atoms with Gasteiger partial charge in [-0.25, -0.2) is 0 Å². The number of aromatic amines is 1. The van der Waals surface area contributed by atoms with Crippen LogP contribution in [0.2, 0.25) is 0 Å². The predicted molar refractivity (Wildman–Crippen MR) is 115 cm³/mol. The first-order valence-corrected chi connectivity index (χ1v) is 9.92. The van der Waals surface area contributed by atoms with Gasteiger partial charge in [0.05, 0.1) is 12.1 Å². The fourth-order valence-corrected chi connectivity index (χ4v) is 4.34. The van der Waals surface area contributed by atoms with Crippen LogP contribution < -0.4 is 0 Å². The second kappa shape index (κ2) is 7.90. The average molecular weight is 426 g/mol. The molecule has 3 aromatic rings. The van der Waals surface area contributed by atoms with Crippen molar-refractivity contribution in [3.8, 4) is 0 Å². The molecule has 2 aromatic carbocycles. The number of carbonyl (C=O) groups excluding carboxylic acids is 1. The molecule has 4 rings (SSSR count). The lowest BCUT2D eigenvalue weighted by Gasteiger charge is -2.15. The van der Waals surface area contributed by atoms with Gasteiger partial charge < -0.3 is 10.1 Å². The summed E-state index contributed by atoms with van der Waals surface area (Å²) in [5, 5.41) is 11.3. The molecule has 0 radical (unpaired) electrons. The van der Waals surface area contributed by atoms with Gasteiger partial charge in [0.25, 0.3) is 0 Å². The third-order valence-electron chi connectivity index (χ3n) is 5.00. The van der Waals surface area contributed by atoms with E-state index in [1.165, 1.54) is 0 Å². The zero-order valence-corrected chi connectivity index (χ0v) is 16.8. The van der Waals surface area contributed by atoms with Crippen LogP contribution in [0.3, 0.4) is 0 Å². The number of carboxylic acids is 1. The van der Waals surface area contributed by atoms with Crippen molar-refractivity contribution < 1.29 is 14.7 Å². The molecule has 1 aliphatic rings. The van der Waals surface area contributed by atoms with Crippen LogP contribution in [0, 0.1) is 0 Å². The highest BCUT2D eigenvalue weighted by molar-refractivity contribution is 6.42. The van der Waals surface area contributed by atoms with Gasteiger partial charge in [0.15, 0.2) is 0 Å². The maximum absolute atomic E-state index is 13.1. The summed E-state index contributed by atoms with van der Waals surface area (Å²) in [5.74, 6) is -1.24. The lowest BCUT2D eigenvalue weighted by Crippen LogP contribution is -2.09. The van der Waals surface area contributed by atoms with Crippen LogP contribution in [-0.4, -0.2) is 21.8 Å². The van der Waals surface area contributed by atoms with E-state index in [1.54, 1.807) is 12.1 Å². The van der Waals surface area contributed by atoms with Crippen LogP contribution in [0.5, 0.6) is 0 Å². The summed E-state index contributed by atoms with van der Waals surface area (Å²) in [4.78, 5) is 27.6. The Hall–Kier alpha value is -2.82. The fourth-order valence-electron chi connectivity index (χ4n) is 3.64. The van der Waals surface area contributed by atoms with Crippen molar-refractivity contribution in [3.63, 3.8) is 0 Å². The zero-order chi connectivity index (χ0) is 20.5. The molecule has 0 amide bonds. The Kier molecular flexibility index (Phi) is 5.31. The van der Waals surface area contributed by atoms with Gasteiger partial charge in [-0.1, -0.05) is 71.7 Å². The number of halogens is 2. The molecule has 1 aromatic heterocycles. The number of para-hydroxylation sites is 1. The van der Waals surface area contributed by atoms with E-state index in [2.05, 4.69) is 4.98 Å². The van der Waals surface area contributed by atoms with E-state index in [-0.39, 0.29) is 12.2 Å². The van der Waals surface area contributed by atoms with Crippen molar-refractivity contribution in [1.82, 2.24) is 4.98 Å². The van der Waals surface area contributed by atoms with Gasteiger partial charge in [-0.3, -0.25) is 9.59 Å². The Morgan fingerprint density at radius 2 is 1.76 bits per heavy atom. The number of hydrogen-bond donors (Lipinski definition) is 2. The van der Waals surface area contributed by atoms with Crippen LogP contribution in [0.1, 0.15) is 40.0 Å². The van der Waals surface area contributed by atoms with Gasteiger partial charge >= 0.3 is 5.97 Å². The van der Waals surface area contributed by atoms with E-state index < -0.39 is 5.97 Å². The van der Waals surface area contributed by atoms with Crippen molar-refractivity contribution >= 4 is 51.4 Å². The quantitative estimate of drug-likeness (QED) is 0.500.